The molecule has 4 heteroatoms. The summed E-state index contributed by atoms with van der Waals surface area (Å²) in [7, 11) is 0. The molecule has 19 heavy (non-hydrogen) atoms. The zero-order chi connectivity index (χ0) is 13.7. The number of benzene rings is 1. The van der Waals surface area contributed by atoms with Crippen molar-refractivity contribution in [3.8, 4) is 5.75 Å². The van der Waals surface area contributed by atoms with Crippen LogP contribution in [0.5, 0.6) is 5.75 Å². The molecule has 1 fully saturated rings. The predicted octanol–water partition coefficient (Wildman–Crippen LogP) is 1.45. The lowest BCUT2D eigenvalue weighted by molar-refractivity contribution is 0.141. The fourth-order valence-electron chi connectivity index (χ4n) is 2.08. The summed E-state index contributed by atoms with van der Waals surface area (Å²) in [5, 5.41) is 22.2. The van der Waals surface area contributed by atoms with Crippen molar-refractivity contribution in [1.82, 2.24) is 5.32 Å². The van der Waals surface area contributed by atoms with Gasteiger partial charge in [0.25, 0.3) is 0 Å². The van der Waals surface area contributed by atoms with Gasteiger partial charge in [-0.3, -0.25) is 0 Å². The normalized spacial score (nSPS) is 18.1. The van der Waals surface area contributed by atoms with Gasteiger partial charge in [0, 0.05) is 23.6 Å². The Labute approximate surface area is 114 Å². The zero-order valence-electron chi connectivity index (χ0n) is 11.4. The molecule has 0 aliphatic heterocycles. The Bertz CT molecular complexity index is 406. The lowest BCUT2D eigenvalue weighted by atomic mass is 9.99. The molecule has 2 rings (SSSR count). The van der Waals surface area contributed by atoms with E-state index in [0.29, 0.717) is 12.6 Å². The van der Waals surface area contributed by atoms with Crippen LogP contribution in [0.4, 0.5) is 0 Å². The summed E-state index contributed by atoms with van der Waals surface area (Å²) in [6, 6.07) is 8.04. The van der Waals surface area contributed by atoms with Crippen LogP contribution in [0.25, 0.3) is 0 Å². The Kier molecular flexibility index (Phi) is 4.80. The Balaban J connectivity index is 1.84. The molecule has 1 aliphatic carbocycles. The van der Waals surface area contributed by atoms with Crippen LogP contribution in [0.1, 0.15) is 31.7 Å². The van der Waals surface area contributed by atoms with Gasteiger partial charge in [0.05, 0.1) is 19.8 Å². The van der Waals surface area contributed by atoms with E-state index in [2.05, 4.69) is 5.32 Å². The number of ether oxygens (including phenoxy) is 1. The first kappa shape index (κ1) is 14.3. The maximum Gasteiger partial charge on any atom is 0.124 e. The van der Waals surface area contributed by atoms with E-state index in [-0.39, 0.29) is 18.8 Å². The maximum atomic E-state index is 9.50. The minimum atomic E-state index is -0.282. The second-order valence-electron chi connectivity index (χ2n) is 5.50. The topological polar surface area (TPSA) is 61.7 Å². The molecule has 1 aliphatic rings. The van der Waals surface area contributed by atoms with Gasteiger partial charge < -0.3 is 20.3 Å². The standard InChI is InChI=1S/C15H23NO3/c1-15(11-18,16-13-6-7-13)8-9-19-14-5-3-2-4-12(14)10-17/h2-5,13,16-18H,6-11H2,1H3. The van der Waals surface area contributed by atoms with E-state index < -0.39 is 0 Å². The van der Waals surface area contributed by atoms with Crippen LogP contribution in [-0.2, 0) is 6.61 Å². The highest BCUT2D eigenvalue weighted by molar-refractivity contribution is 5.32. The molecular formula is C15H23NO3. The largest absolute Gasteiger partial charge is 0.493 e. The molecule has 1 unspecified atom stereocenters. The fourth-order valence-corrected chi connectivity index (χ4v) is 2.08. The number of nitrogens with one attached hydrogen (secondary N) is 1. The summed E-state index contributed by atoms with van der Waals surface area (Å²) in [4.78, 5) is 0. The summed E-state index contributed by atoms with van der Waals surface area (Å²) in [6.07, 6.45) is 3.13. The van der Waals surface area contributed by atoms with Gasteiger partial charge in [-0.2, -0.15) is 0 Å². The molecule has 1 aromatic rings. The van der Waals surface area contributed by atoms with Crippen molar-refractivity contribution >= 4 is 0 Å². The van der Waals surface area contributed by atoms with Gasteiger partial charge in [0.2, 0.25) is 0 Å². The Hall–Kier alpha value is -1.10. The third-order valence-corrected chi connectivity index (χ3v) is 3.53. The Morgan fingerprint density at radius 1 is 1.32 bits per heavy atom. The summed E-state index contributed by atoms with van der Waals surface area (Å²) >= 11 is 0. The van der Waals surface area contributed by atoms with E-state index in [9.17, 15) is 10.2 Å². The monoisotopic (exact) mass is 265 g/mol. The predicted molar refractivity (Wildman–Crippen MR) is 74.1 cm³/mol. The zero-order valence-corrected chi connectivity index (χ0v) is 11.4. The smallest absolute Gasteiger partial charge is 0.124 e. The van der Waals surface area contributed by atoms with E-state index in [1.165, 1.54) is 12.8 Å². The van der Waals surface area contributed by atoms with Gasteiger partial charge >= 0.3 is 0 Å². The first-order chi connectivity index (χ1) is 9.17. The van der Waals surface area contributed by atoms with Crippen molar-refractivity contribution < 1.29 is 14.9 Å². The maximum absolute atomic E-state index is 9.50. The molecule has 106 valence electrons. The number of para-hydroxylation sites is 1. The summed E-state index contributed by atoms with van der Waals surface area (Å²) in [6.45, 7) is 2.63. The third-order valence-electron chi connectivity index (χ3n) is 3.53. The van der Waals surface area contributed by atoms with Crippen LogP contribution >= 0.6 is 0 Å². The summed E-state index contributed by atoms with van der Waals surface area (Å²) < 4.78 is 5.72. The molecule has 1 saturated carbocycles. The van der Waals surface area contributed by atoms with Crippen LogP contribution in [0.3, 0.4) is 0 Å². The van der Waals surface area contributed by atoms with Crippen molar-refractivity contribution in [1.29, 1.82) is 0 Å². The molecule has 0 saturated heterocycles. The molecule has 0 aromatic heterocycles. The van der Waals surface area contributed by atoms with Crippen LogP contribution < -0.4 is 10.1 Å². The average molecular weight is 265 g/mol. The first-order valence-electron chi connectivity index (χ1n) is 6.87. The van der Waals surface area contributed by atoms with E-state index in [1.54, 1.807) is 0 Å². The molecular weight excluding hydrogens is 242 g/mol. The average Bonchev–Trinajstić information content (AvgIpc) is 3.23. The van der Waals surface area contributed by atoms with Gasteiger partial charge in [0.15, 0.2) is 0 Å². The van der Waals surface area contributed by atoms with E-state index >= 15 is 0 Å². The highest BCUT2D eigenvalue weighted by Crippen LogP contribution is 2.24. The van der Waals surface area contributed by atoms with Gasteiger partial charge in [-0.1, -0.05) is 18.2 Å². The van der Waals surface area contributed by atoms with E-state index in [0.717, 1.165) is 17.7 Å². The Morgan fingerprint density at radius 2 is 2.05 bits per heavy atom. The Morgan fingerprint density at radius 3 is 2.68 bits per heavy atom. The lowest BCUT2D eigenvalue weighted by Crippen LogP contribution is -2.48. The molecule has 1 atom stereocenters. The molecule has 0 heterocycles. The number of hydrogen-bond acceptors (Lipinski definition) is 4. The lowest BCUT2D eigenvalue weighted by Gasteiger charge is -2.29. The van der Waals surface area contributed by atoms with Crippen LogP contribution in [0.15, 0.2) is 24.3 Å². The molecule has 0 radical (unpaired) electrons. The minimum absolute atomic E-state index is 0.0201. The van der Waals surface area contributed by atoms with Crippen LogP contribution in [0.2, 0.25) is 0 Å². The van der Waals surface area contributed by atoms with Gasteiger partial charge in [-0.25, -0.2) is 0 Å². The highest BCUT2D eigenvalue weighted by atomic mass is 16.5. The summed E-state index contributed by atoms with van der Waals surface area (Å²) in [5.74, 6) is 0.719. The number of rotatable bonds is 8. The molecule has 0 spiro atoms. The van der Waals surface area contributed by atoms with Gasteiger partial charge in [-0.15, -0.1) is 0 Å². The molecule has 0 amide bonds. The number of aliphatic hydroxyl groups excluding tert-OH is 2. The summed E-state index contributed by atoms with van der Waals surface area (Å²) in [5.41, 5.74) is 0.512. The third kappa shape index (κ3) is 4.20. The quantitative estimate of drug-likeness (QED) is 0.666. The number of aliphatic hydroxyl groups is 2. The SMILES string of the molecule is CC(CO)(CCOc1ccccc1CO)NC1CC1. The fraction of sp³-hybridized carbons (Fsp3) is 0.600. The second-order valence-corrected chi connectivity index (χ2v) is 5.50. The van der Waals surface area contributed by atoms with Gasteiger partial charge in [0.1, 0.15) is 5.75 Å². The van der Waals surface area contributed by atoms with Crippen molar-refractivity contribution in [3.63, 3.8) is 0 Å². The number of hydrogen-bond donors (Lipinski definition) is 3. The minimum Gasteiger partial charge on any atom is -0.493 e. The van der Waals surface area contributed by atoms with Crippen molar-refractivity contribution in [2.24, 2.45) is 0 Å². The van der Waals surface area contributed by atoms with Gasteiger partial charge in [-0.05, 0) is 25.8 Å². The van der Waals surface area contributed by atoms with Crippen molar-refractivity contribution in [2.45, 2.75) is 44.4 Å². The van der Waals surface area contributed by atoms with E-state index in [4.69, 9.17) is 4.74 Å². The van der Waals surface area contributed by atoms with E-state index in [1.807, 2.05) is 31.2 Å². The van der Waals surface area contributed by atoms with Crippen LogP contribution in [-0.4, -0.2) is 35.0 Å². The molecule has 4 nitrogen and oxygen atoms in total. The molecule has 0 bridgehead atoms. The van der Waals surface area contributed by atoms with Crippen LogP contribution in [0, 0.1) is 0 Å². The van der Waals surface area contributed by atoms with Crippen molar-refractivity contribution in [3.05, 3.63) is 29.8 Å². The highest BCUT2D eigenvalue weighted by Gasteiger charge is 2.31. The second kappa shape index (κ2) is 6.37. The first-order valence-corrected chi connectivity index (χ1v) is 6.87. The molecule has 3 N–H and O–H groups in total. The molecule has 1 aromatic carbocycles. The van der Waals surface area contributed by atoms with Crippen molar-refractivity contribution in [2.75, 3.05) is 13.2 Å².